The summed E-state index contributed by atoms with van der Waals surface area (Å²) in [6.45, 7) is 0.163. The van der Waals surface area contributed by atoms with Crippen LogP contribution in [-0.4, -0.2) is 51.5 Å². The first-order valence-corrected chi connectivity index (χ1v) is 10.4. The van der Waals surface area contributed by atoms with Crippen LogP contribution >= 0.6 is 0 Å². The first-order valence-electron chi connectivity index (χ1n) is 7.55. The van der Waals surface area contributed by atoms with Gasteiger partial charge in [0, 0.05) is 12.4 Å². The maximum Gasteiger partial charge on any atom is 0.294 e. The lowest BCUT2D eigenvalue weighted by atomic mass is 10.2. The van der Waals surface area contributed by atoms with Crippen molar-refractivity contribution in [3.05, 3.63) is 47.5 Å². The zero-order valence-electron chi connectivity index (χ0n) is 14.1. The van der Waals surface area contributed by atoms with Crippen LogP contribution in [0.4, 0.5) is 0 Å². The molecule has 10 nitrogen and oxygen atoms in total. The van der Waals surface area contributed by atoms with E-state index in [1.165, 1.54) is 0 Å². The number of hydrogen-bond donors (Lipinski definition) is 2. The molecule has 0 amide bonds. The average molecular weight is 426 g/mol. The van der Waals surface area contributed by atoms with Gasteiger partial charge >= 0.3 is 0 Å². The van der Waals surface area contributed by atoms with Crippen LogP contribution in [0.1, 0.15) is 11.1 Å². The third-order valence-corrected chi connectivity index (χ3v) is 5.08. The highest BCUT2D eigenvalue weighted by molar-refractivity contribution is 7.86. The van der Waals surface area contributed by atoms with Crippen LogP contribution in [0.15, 0.2) is 56.2 Å². The molecular weight excluding hydrogens is 412 g/mol. The molecule has 2 aromatic carbocycles. The van der Waals surface area contributed by atoms with Crippen LogP contribution in [0.5, 0.6) is 11.5 Å². The molecule has 0 spiro atoms. The van der Waals surface area contributed by atoms with Gasteiger partial charge in [0.1, 0.15) is 0 Å². The minimum absolute atomic E-state index is 0.0400. The van der Waals surface area contributed by atoms with Gasteiger partial charge < -0.3 is 10.2 Å². The highest BCUT2D eigenvalue weighted by Gasteiger charge is 2.10. The Balaban J connectivity index is 2.04. The fraction of sp³-hybridized carbons (Fsp3) is 0.125. The number of benzene rings is 2. The van der Waals surface area contributed by atoms with Crippen molar-refractivity contribution >= 4 is 32.7 Å². The van der Waals surface area contributed by atoms with E-state index in [1.807, 2.05) is 0 Å². The molecule has 0 aliphatic rings. The Labute approximate surface area is 161 Å². The van der Waals surface area contributed by atoms with Gasteiger partial charge in [-0.1, -0.05) is 23.6 Å². The summed E-state index contributed by atoms with van der Waals surface area (Å²) < 4.78 is 62.2. The third kappa shape index (κ3) is 5.85. The van der Waals surface area contributed by atoms with Crippen molar-refractivity contribution in [2.75, 3.05) is 13.1 Å². The van der Waals surface area contributed by atoms with Crippen LogP contribution in [0.3, 0.4) is 0 Å². The molecule has 12 heteroatoms. The normalized spacial score (nSPS) is 12.8. The Hall–Kier alpha value is -2.80. The summed E-state index contributed by atoms with van der Waals surface area (Å²) in [6.07, 6.45) is 2.26. The Bertz CT molecular complexity index is 1050. The van der Waals surface area contributed by atoms with Crippen LogP contribution < -0.4 is 10.2 Å². The molecule has 0 radical (unpaired) electrons. The Morgan fingerprint density at radius 1 is 0.750 bits per heavy atom. The fourth-order valence-corrected chi connectivity index (χ4v) is 3.05. The van der Waals surface area contributed by atoms with E-state index in [2.05, 4.69) is 9.98 Å². The predicted octanol–water partition coefficient (Wildman–Crippen LogP) is -0.135. The first kappa shape index (κ1) is 21.5. The van der Waals surface area contributed by atoms with Gasteiger partial charge in [-0.15, -0.1) is 0 Å². The summed E-state index contributed by atoms with van der Waals surface area (Å²) in [4.78, 5) is 6.94. The second kappa shape index (κ2) is 8.48. The number of aliphatic imine (C=N–C) groups is 2. The molecule has 0 aliphatic carbocycles. The second-order valence-electron chi connectivity index (χ2n) is 5.42. The molecular formula is C16H14N2O8S2-2. The standard InChI is InChI=1S/C16H16N2O8S2/c19-15-3-1-13(27(21,22)23)7-11(15)9-17-5-6-18-10-12-8-14(28(24,25)26)2-4-16(12)20/h1-4,7-10,19-20H,5-6H2,(H,21,22,23)(H,24,25,26)/p-2. The molecule has 0 saturated heterocycles. The third-order valence-electron chi connectivity index (χ3n) is 3.38. The van der Waals surface area contributed by atoms with Crippen LogP contribution in [0, 0.1) is 0 Å². The number of hydrogen-bond acceptors (Lipinski definition) is 8. The molecule has 0 heterocycles. The summed E-state index contributed by atoms with van der Waals surface area (Å²) in [5, 5.41) is 23.3. The SMILES string of the molecule is O=S(=O)(O)c1ccc([O-])c(C=NCCN=Cc2cc(S(=O)(=O)O)ccc2[O-])c1. The van der Waals surface area contributed by atoms with E-state index in [-0.39, 0.29) is 24.2 Å². The van der Waals surface area contributed by atoms with Gasteiger partial charge in [0.15, 0.2) is 0 Å². The average Bonchev–Trinajstić information content (AvgIpc) is 2.58. The maximum atomic E-state index is 11.7. The zero-order valence-corrected chi connectivity index (χ0v) is 15.7. The van der Waals surface area contributed by atoms with Crippen LogP contribution in [-0.2, 0) is 20.2 Å². The van der Waals surface area contributed by atoms with Crippen molar-refractivity contribution in [2.24, 2.45) is 9.98 Å². The lowest BCUT2D eigenvalue weighted by Crippen LogP contribution is -2.03. The quantitative estimate of drug-likeness (QED) is 0.349. The number of rotatable bonds is 7. The maximum absolute atomic E-state index is 11.7. The predicted molar refractivity (Wildman–Crippen MR) is 96.3 cm³/mol. The van der Waals surface area contributed by atoms with E-state index in [0.29, 0.717) is 0 Å². The molecule has 2 rings (SSSR count). The van der Waals surface area contributed by atoms with E-state index >= 15 is 0 Å². The first-order chi connectivity index (χ1) is 13.0. The Morgan fingerprint density at radius 3 is 1.43 bits per heavy atom. The minimum Gasteiger partial charge on any atom is -0.872 e. The van der Waals surface area contributed by atoms with Crippen LogP contribution in [0.25, 0.3) is 0 Å². The molecule has 2 N–H and O–H groups in total. The molecule has 0 bridgehead atoms. The lowest BCUT2D eigenvalue weighted by molar-refractivity contribution is -0.269. The van der Waals surface area contributed by atoms with E-state index in [1.54, 1.807) is 0 Å². The van der Waals surface area contributed by atoms with Crippen molar-refractivity contribution < 1.29 is 36.2 Å². The van der Waals surface area contributed by atoms with Crippen molar-refractivity contribution in [2.45, 2.75) is 9.79 Å². The van der Waals surface area contributed by atoms with E-state index < -0.39 is 41.5 Å². The van der Waals surface area contributed by atoms with Crippen molar-refractivity contribution in [1.29, 1.82) is 0 Å². The fourth-order valence-electron chi connectivity index (χ4n) is 2.02. The van der Waals surface area contributed by atoms with Crippen molar-refractivity contribution in [3.63, 3.8) is 0 Å². The summed E-state index contributed by atoms with van der Waals surface area (Å²) in [7, 11) is -8.89. The topological polar surface area (TPSA) is 180 Å². The molecule has 0 saturated carbocycles. The van der Waals surface area contributed by atoms with Crippen molar-refractivity contribution in [3.8, 4) is 11.5 Å². The molecule has 28 heavy (non-hydrogen) atoms. The number of nitrogens with zero attached hydrogens (tertiary/aromatic N) is 2. The van der Waals surface area contributed by atoms with E-state index in [0.717, 1.165) is 48.8 Å². The summed E-state index contributed by atoms with van der Waals surface area (Å²) >= 11 is 0. The zero-order chi connectivity index (χ0) is 20.9. The summed E-state index contributed by atoms with van der Waals surface area (Å²) in [5.74, 6) is -0.977. The molecule has 150 valence electrons. The monoisotopic (exact) mass is 426 g/mol. The van der Waals surface area contributed by atoms with Crippen molar-refractivity contribution in [1.82, 2.24) is 0 Å². The van der Waals surface area contributed by atoms with Gasteiger partial charge in [-0.2, -0.15) is 16.8 Å². The van der Waals surface area contributed by atoms with Gasteiger partial charge in [0.25, 0.3) is 20.2 Å². The molecule has 2 aromatic rings. The second-order valence-corrected chi connectivity index (χ2v) is 8.26. The molecule has 0 fully saturated rings. The Morgan fingerprint density at radius 2 is 1.11 bits per heavy atom. The van der Waals surface area contributed by atoms with Gasteiger partial charge in [0.05, 0.1) is 22.9 Å². The van der Waals surface area contributed by atoms with E-state index in [9.17, 15) is 27.0 Å². The van der Waals surface area contributed by atoms with Gasteiger partial charge in [-0.25, -0.2) is 0 Å². The van der Waals surface area contributed by atoms with E-state index in [4.69, 9.17) is 9.11 Å². The van der Waals surface area contributed by atoms with Gasteiger partial charge in [0.2, 0.25) is 0 Å². The lowest BCUT2D eigenvalue weighted by Gasteiger charge is -2.10. The van der Waals surface area contributed by atoms with Crippen LogP contribution in [0.2, 0.25) is 0 Å². The van der Waals surface area contributed by atoms with Gasteiger partial charge in [-0.3, -0.25) is 19.1 Å². The molecule has 0 atom stereocenters. The molecule has 0 aromatic heterocycles. The van der Waals surface area contributed by atoms with Gasteiger partial charge in [-0.05, 0) is 35.4 Å². The summed E-state index contributed by atoms with van der Waals surface area (Å²) in [6, 6.07) is 5.88. The largest absolute Gasteiger partial charge is 0.872 e. The smallest absolute Gasteiger partial charge is 0.294 e. The molecule has 0 unspecified atom stereocenters. The highest BCUT2D eigenvalue weighted by Crippen LogP contribution is 2.18. The Kier molecular flexibility index (Phi) is 6.51. The molecule has 0 aliphatic heterocycles. The summed E-state index contributed by atoms with van der Waals surface area (Å²) in [5.41, 5.74) is -0.0800. The highest BCUT2D eigenvalue weighted by atomic mass is 32.2. The minimum atomic E-state index is -4.44.